The van der Waals surface area contributed by atoms with Gasteiger partial charge in [0.25, 0.3) is 0 Å². The van der Waals surface area contributed by atoms with E-state index < -0.39 is 5.97 Å². The van der Waals surface area contributed by atoms with E-state index in [0.717, 1.165) is 11.1 Å². The number of ether oxygens (including phenoxy) is 2. The summed E-state index contributed by atoms with van der Waals surface area (Å²) in [5.41, 5.74) is 2.45. The molecule has 0 saturated carbocycles. The van der Waals surface area contributed by atoms with Crippen molar-refractivity contribution in [1.82, 2.24) is 0 Å². The van der Waals surface area contributed by atoms with Crippen molar-refractivity contribution < 1.29 is 14.3 Å². The second-order valence-corrected chi connectivity index (χ2v) is 7.11. The molecule has 0 aliphatic carbocycles. The molecule has 6 heteroatoms. The molecular weight excluding hydrogens is 409 g/mol. The van der Waals surface area contributed by atoms with Crippen LogP contribution in [0.1, 0.15) is 16.7 Å². The minimum atomic E-state index is -0.535. The summed E-state index contributed by atoms with van der Waals surface area (Å²) in [6.45, 7) is 0.371. The first-order chi connectivity index (χ1) is 14.1. The second-order valence-electron chi connectivity index (χ2n) is 6.27. The van der Waals surface area contributed by atoms with E-state index in [1.807, 2.05) is 48.5 Å². The smallest absolute Gasteiger partial charge is 0.363 e. The molecular formula is C23H15Cl2NO3. The monoisotopic (exact) mass is 423 g/mol. The number of nitrogens with zero attached hydrogens (tertiary/aromatic N) is 1. The van der Waals surface area contributed by atoms with Crippen LogP contribution < -0.4 is 4.74 Å². The van der Waals surface area contributed by atoms with Crippen LogP contribution in [-0.2, 0) is 16.1 Å². The summed E-state index contributed by atoms with van der Waals surface area (Å²) < 4.78 is 11.2. The fraction of sp³-hybridized carbons (Fsp3) is 0.0435. The molecule has 3 aromatic rings. The van der Waals surface area contributed by atoms with E-state index in [1.54, 1.807) is 30.3 Å². The van der Waals surface area contributed by atoms with Gasteiger partial charge < -0.3 is 9.47 Å². The number of halogens is 2. The Labute approximate surface area is 178 Å². The molecule has 0 bridgehead atoms. The summed E-state index contributed by atoms with van der Waals surface area (Å²) in [5, 5.41) is 1.14. The molecule has 0 atom stereocenters. The number of hydrogen-bond acceptors (Lipinski definition) is 4. The standard InChI is InChI=1S/C23H15Cl2NO3/c24-17-11-9-15(10-12-17)14-28-21-8-4-1-5-16(21)13-20-23(27)29-22(26-20)18-6-2-3-7-19(18)25/h1-13H,14H2. The first kappa shape index (κ1) is 19.2. The molecule has 0 unspecified atom stereocenters. The Morgan fingerprint density at radius 2 is 1.66 bits per heavy atom. The Hall–Kier alpha value is -3.08. The third-order valence-electron chi connectivity index (χ3n) is 4.24. The van der Waals surface area contributed by atoms with Gasteiger partial charge in [0.05, 0.1) is 10.6 Å². The van der Waals surface area contributed by atoms with Crippen LogP contribution in [0.5, 0.6) is 5.75 Å². The average molecular weight is 424 g/mol. The van der Waals surface area contributed by atoms with Gasteiger partial charge in [0, 0.05) is 10.6 Å². The van der Waals surface area contributed by atoms with Crippen molar-refractivity contribution in [3.8, 4) is 5.75 Å². The highest BCUT2D eigenvalue weighted by Crippen LogP contribution is 2.27. The number of rotatable bonds is 5. The van der Waals surface area contributed by atoms with Crippen LogP contribution in [0.4, 0.5) is 0 Å². The summed E-state index contributed by atoms with van der Waals surface area (Å²) in [5.74, 6) is 0.281. The van der Waals surface area contributed by atoms with Gasteiger partial charge in [-0.25, -0.2) is 9.79 Å². The first-order valence-corrected chi connectivity index (χ1v) is 9.59. The van der Waals surface area contributed by atoms with Crippen molar-refractivity contribution >= 4 is 41.1 Å². The fourth-order valence-electron chi connectivity index (χ4n) is 2.78. The number of para-hydroxylation sites is 1. The number of benzene rings is 3. The van der Waals surface area contributed by atoms with Gasteiger partial charge in [0.1, 0.15) is 12.4 Å². The molecule has 144 valence electrons. The van der Waals surface area contributed by atoms with Crippen molar-refractivity contribution in [2.45, 2.75) is 6.61 Å². The number of hydrogen-bond donors (Lipinski definition) is 0. The van der Waals surface area contributed by atoms with Gasteiger partial charge in [0.2, 0.25) is 5.90 Å². The molecule has 0 saturated heterocycles. The van der Waals surface area contributed by atoms with Gasteiger partial charge in [-0.2, -0.15) is 0 Å². The molecule has 0 N–H and O–H groups in total. The molecule has 1 aliphatic heterocycles. The quantitative estimate of drug-likeness (QED) is 0.378. The van der Waals surface area contributed by atoms with E-state index in [1.165, 1.54) is 0 Å². The highest BCUT2D eigenvalue weighted by atomic mass is 35.5. The van der Waals surface area contributed by atoms with E-state index in [4.69, 9.17) is 32.7 Å². The minimum Gasteiger partial charge on any atom is -0.488 e. The van der Waals surface area contributed by atoms with Gasteiger partial charge in [-0.05, 0) is 42.0 Å². The van der Waals surface area contributed by atoms with Crippen LogP contribution in [0.3, 0.4) is 0 Å². The van der Waals surface area contributed by atoms with Gasteiger partial charge in [-0.3, -0.25) is 0 Å². The Morgan fingerprint density at radius 3 is 2.45 bits per heavy atom. The van der Waals surface area contributed by atoms with Gasteiger partial charge in [-0.1, -0.05) is 65.7 Å². The third-order valence-corrected chi connectivity index (χ3v) is 4.83. The maximum Gasteiger partial charge on any atom is 0.363 e. The third kappa shape index (κ3) is 4.50. The van der Waals surface area contributed by atoms with Crippen LogP contribution in [-0.4, -0.2) is 11.9 Å². The van der Waals surface area contributed by atoms with Crippen molar-refractivity contribution in [2.24, 2.45) is 4.99 Å². The predicted molar refractivity (Wildman–Crippen MR) is 114 cm³/mol. The number of esters is 1. The van der Waals surface area contributed by atoms with Crippen LogP contribution in [0.25, 0.3) is 6.08 Å². The topological polar surface area (TPSA) is 47.9 Å². The maximum absolute atomic E-state index is 12.3. The Balaban J connectivity index is 1.58. The minimum absolute atomic E-state index is 0.183. The van der Waals surface area contributed by atoms with Crippen LogP contribution in [0.2, 0.25) is 10.0 Å². The van der Waals surface area contributed by atoms with E-state index >= 15 is 0 Å². The van der Waals surface area contributed by atoms with Crippen LogP contribution >= 0.6 is 23.2 Å². The Bertz CT molecular complexity index is 1120. The second kappa shape index (κ2) is 8.52. The summed E-state index contributed by atoms with van der Waals surface area (Å²) in [7, 11) is 0. The van der Waals surface area contributed by atoms with Crippen molar-refractivity contribution in [3.05, 3.63) is 105 Å². The Morgan fingerprint density at radius 1 is 0.931 bits per heavy atom. The van der Waals surface area contributed by atoms with Gasteiger partial charge >= 0.3 is 5.97 Å². The number of cyclic esters (lactones) is 1. The van der Waals surface area contributed by atoms with Crippen LogP contribution in [0.15, 0.2) is 83.5 Å². The number of aliphatic imine (C=N–C) groups is 1. The summed E-state index contributed by atoms with van der Waals surface area (Å²) in [6, 6.07) is 21.9. The summed E-state index contributed by atoms with van der Waals surface area (Å²) in [4.78, 5) is 16.6. The van der Waals surface area contributed by atoms with Crippen LogP contribution in [0, 0.1) is 0 Å². The first-order valence-electron chi connectivity index (χ1n) is 8.84. The van der Waals surface area contributed by atoms with Crippen molar-refractivity contribution in [2.75, 3.05) is 0 Å². The molecule has 4 rings (SSSR count). The molecule has 29 heavy (non-hydrogen) atoms. The summed E-state index contributed by atoms with van der Waals surface area (Å²) in [6.07, 6.45) is 1.64. The lowest BCUT2D eigenvalue weighted by atomic mass is 10.1. The number of carbonyl (C=O) groups excluding carboxylic acids is 1. The molecule has 1 aliphatic rings. The van der Waals surface area contributed by atoms with E-state index in [2.05, 4.69) is 4.99 Å². The highest BCUT2D eigenvalue weighted by Gasteiger charge is 2.25. The SMILES string of the molecule is O=C1OC(c2ccccc2Cl)=NC1=Cc1ccccc1OCc1ccc(Cl)cc1. The molecule has 0 amide bonds. The molecule has 0 aromatic heterocycles. The zero-order chi connectivity index (χ0) is 20.2. The van der Waals surface area contributed by atoms with E-state index in [9.17, 15) is 4.79 Å². The molecule has 0 radical (unpaired) electrons. The molecule has 1 heterocycles. The lowest BCUT2D eigenvalue weighted by Gasteiger charge is -2.09. The van der Waals surface area contributed by atoms with Gasteiger partial charge in [-0.15, -0.1) is 0 Å². The maximum atomic E-state index is 12.3. The molecule has 3 aromatic carbocycles. The average Bonchev–Trinajstić information content (AvgIpc) is 3.09. The lowest BCUT2D eigenvalue weighted by Crippen LogP contribution is -2.05. The fourth-order valence-corrected chi connectivity index (χ4v) is 3.12. The van der Waals surface area contributed by atoms with E-state index in [0.29, 0.717) is 28.0 Å². The molecule has 0 spiro atoms. The molecule has 0 fully saturated rings. The zero-order valence-corrected chi connectivity index (χ0v) is 16.7. The normalized spacial score (nSPS) is 14.6. The highest BCUT2D eigenvalue weighted by molar-refractivity contribution is 6.34. The van der Waals surface area contributed by atoms with Gasteiger partial charge in [0.15, 0.2) is 5.70 Å². The van der Waals surface area contributed by atoms with E-state index in [-0.39, 0.29) is 11.6 Å². The van der Waals surface area contributed by atoms with Crippen molar-refractivity contribution in [1.29, 1.82) is 0 Å². The molecule has 4 nitrogen and oxygen atoms in total. The predicted octanol–water partition coefficient (Wildman–Crippen LogP) is 5.92. The van der Waals surface area contributed by atoms with Crippen molar-refractivity contribution in [3.63, 3.8) is 0 Å². The number of carbonyl (C=O) groups is 1. The Kier molecular flexibility index (Phi) is 5.65. The summed E-state index contributed by atoms with van der Waals surface area (Å²) >= 11 is 12.1. The largest absolute Gasteiger partial charge is 0.488 e. The lowest BCUT2D eigenvalue weighted by molar-refractivity contribution is -0.129. The zero-order valence-electron chi connectivity index (χ0n) is 15.1.